The molecule has 4 aromatic rings. The molecule has 0 saturated heterocycles. The number of aromatic nitrogens is 4. The number of thioether (sulfide) groups is 1. The molecular weight excluding hydrogens is 435 g/mol. The van der Waals surface area contributed by atoms with Crippen LogP contribution in [0.5, 0.6) is 5.75 Å². The summed E-state index contributed by atoms with van der Waals surface area (Å²) >= 11 is 15.2. The van der Waals surface area contributed by atoms with Gasteiger partial charge in [0.15, 0.2) is 5.82 Å². The Morgan fingerprint density at radius 1 is 1.04 bits per heavy atom. The third kappa shape index (κ3) is 4.86. The van der Waals surface area contributed by atoms with Crippen molar-refractivity contribution in [1.29, 1.82) is 0 Å². The molecule has 0 radical (unpaired) electrons. The van der Waals surface area contributed by atoms with Crippen LogP contribution in [0.4, 0.5) is 0 Å². The van der Waals surface area contributed by atoms with E-state index in [9.17, 15) is 0 Å². The molecule has 2 aromatic heterocycles. The second kappa shape index (κ2) is 8.96. The van der Waals surface area contributed by atoms with E-state index in [0.29, 0.717) is 33.4 Å². The minimum absolute atomic E-state index is 0.308. The van der Waals surface area contributed by atoms with Crippen LogP contribution >= 0.6 is 46.3 Å². The van der Waals surface area contributed by atoms with E-state index in [0.717, 1.165) is 22.0 Å². The van der Waals surface area contributed by atoms with Gasteiger partial charge in [0.05, 0.1) is 10.7 Å². The Labute approximate surface area is 180 Å². The summed E-state index contributed by atoms with van der Waals surface area (Å²) in [6.45, 7) is 0.308. The highest BCUT2D eigenvalue weighted by molar-refractivity contribution is 7.98. The van der Waals surface area contributed by atoms with E-state index >= 15 is 0 Å². The zero-order chi connectivity index (χ0) is 19.3. The van der Waals surface area contributed by atoms with Gasteiger partial charge in [0.2, 0.25) is 5.16 Å². The molecule has 0 fully saturated rings. The molecule has 142 valence electrons. The molecule has 0 saturated carbocycles. The molecular formula is C19H14Cl2N4OS2. The summed E-state index contributed by atoms with van der Waals surface area (Å²) in [5, 5.41) is 12.1. The van der Waals surface area contributed by atoms with Crippen LogP contribution in [0.2, 0.25) is 10.0 Å². The zero-order valence-electron chi connectivity index (χ0n) is 14.4. The first-order valence-electron chi connectivity index (χ1n) is 8.29. The average molecular weight is 449 g/mol. The molecule has 1 N–H and O–H groups in total. The van der Waals surface area contributed by atoms with E-state index in [-0.39, 0.29) is 0 Å². The number of H-pyrrole nitrogens is 1. The van der Waals surface area contributed by atoms with Crippen LogP contribution in [-0.2, 0) is 12.4 Å². The average Bonchev–Trinajstić information content (AvgIpc) is 3.36. The molecule has 28 heavy (non-hydrogen) atoms. The van der Waals surface area contributed by atoms with E-state index in [1.165, 1.54) is 11.8 Å². The van der Waals surface area contributed by atoms with E-state index < -0.39 is 0 Å². The summed E-state index contributed by atoms with van der Waals surface area (Å²) in [6, 6.07) is 14.9. The van der Waals surface area contributed by atoms with E-state index in [1.807, 2.05) is 41.8 Å². The molecule has 0 amide bonds. The Bertz CT molecular complexity index is 1070. The lowest BCUT2D eigenvalue weighted by Crippen LogP contribution is -1.97. The molecule has 0 unspecified atom stereocenters. The van der Waals surface area contributed by atoms with Crippen molar-refractivity contribution in [2.45, 2.75) is 17.5 Å². The van der Waals surface area contributed by atoms with Gasteiger partial charge in [-0.15, -0.1) is 16.4 Å². The smallest absolute Gasteiger partial charge is 0.208 e. The van der Waals surface area contributed by atoms with Crippen molar-refractivity contribution in [2.75, 3.05) is 0 Å². The van der Waals surface area contributed by atoms with E-state index in [4.69, 9.17) is 27.9 Å². The number of hydrogen-bond donors (Lipinski definition) is 1. The monoisotopic (exact) mass is 448 g/mol. The number of halogens is 2. The van der Waals surface area contributed by atoms with Crippen molar-refractivity contribution in [1.82, 2.24) is 20.2 Å². The Balaban J connectivity index is 1.32. The van der Waals surface area contributed by atoms with Crippen LogP contribution in [0.15, 0.2) is 59.1 Å². The second-order valence-electron chi connectivity index (χ2n) is 5.72. The maximum absolute atomic E-state index is 6.24. The number of ether oxygens (including phenoxy) is 1. The number of benzene rings is 2. The number of nitrogens with one attached hydrogen (secondary N) is 1. The van der Waals surface area contributed by atoms with Crippen LogP contribution in [0, 0.1) is 0 Å². The van der Waals surface area contributed by atoms with Gasteiger partial charge in [-0.1, -0.05) is 53.2 Å². The van der Waals surface area contributed by atoms with Gasteiger partial charge in [0, 0.05) is 21.7 Å². The van der Waals surface area contributed by atoms with Gasteiger partial charge in [-0.3, -0.25) is 5.10 Å². The third-order valence-corrected chi connectivity index (χ3v) is 6.09. The number of thiazole rings is 1. The fourth-order valence-electron chi connectivity index (χ4n) is 2.36. The predicted octanol–water partition coefficient (Wildman–Crippen LogP) is 6.11. The summed E-state index contributed by atoms with van der Waals surface area (Å²) in [4.78, 5) is 9.10. The third-order valence-electron chi connectivity index (χ3n) is 3.71. The summed E-state index contributed by atoms with van der Waals surface area (Å²) < 4.78 is 5.66. The molecule has 2 aromatic carbocycles. The lowest BCUT2D eigenvalue weighted by atomic mass is 10.2. The fraction of sp³-hybridized carbons (Fsp3) is 0.105. The predicted molar refractivity (Wildman–Crippen MR) is 114 cm³/mol. The molecule has 0 spiro atoms. The second-order valence-corrected chi connectivity index (χ2v) is 8.36. The highest BCUT2D eigenvalue weighted by Gasteiger charge is 2.10. The van der Waals surface area contributed by atoms with Crippen LogP contribution in [-0.4, -0.2) is 20.2 Å². The van der Waals surface area contributed by atoms with Crippen molar-refractivity contribution in [2.24, 2.45) is 0 Å². The van der Waals surface area contributed by atoms with E-state index in [1.54, 1.807) is 23.5 Å². The quantitative estimate of drug-likeness (QED) is 0.345. The van der Waals surface area contributed by atoms with Gasteiger partial charge in [-0.25, -0.2) is 9.97 Å². The number of nitrogens with zero attached hydrogens (tertiary/aromatic N) is 3. The highest BCUT2D eigenvalue weighted by atomic mass is 35.5. The first-order valence-corrected chi connectivity index (χ1v) is 10.9. The topological polar surface area (TPSA) is 63.7 Å². The summed E-state index contributed by atoms with van der Waals surface area (Å²) in [5.74, 6) is 2.06. The largest absolute Gasteiger partial charge is 0.486 e. The van der Waals surface area contributed by atoms with Gasteiger partial charge in [-0.2, -0.15) is 0 Å². The minimum atomic E-state index is 0.308. The number of rotatable bonds is 7. The lowest BCUT2D eigenvalue weighted by Gasteiger charge is -2.03. The van der Waals surface area contributed by atoms with Crippen molar-refractivity contribution < 1.29 is 4.74 Å². The molecule has 4 rings (SSSR count). The first kappa shape index (κ1) is 19.3. The summed E-state index contributed by atoms with van der Waals surface area (Å²) in [5.41, 5.74) is 1.92. The van der Waals surface area contributed by atoms with Crippen molar-refractivity contribution >= 4 is 46.3 Å². The first-order chi connectivity index (χ1) is 13.7. The van der Waals surface area contributed by atoms with Gasteiger partial charge < -0.3 is 4.74 Å². The number of aromatic amines is 1. The SMILES string of the molecule is Clc1ccc(OCc2nc(SCc3csc(-c4ccccc4Cl)n3)n[nH]2)cc1. The van der Waals surface area contributed by atoms with Gasteiger partial charge >= 0.3 is 0 Å². The maximum Gasteiger partial charge on any atom is 0.208 e. The standard InChI is InChI=1S/C19H14Cl2N4OS2/c20-12-5-7-14(8-6-12)26-9-17-23-19(25-24-17)28-11-13-10-27-18(22-13)15-3-1-2-4-16(15)21/h1-8,10H,9,11H2,(H,23,24,25). The van der Waals surface area contributed by atoms with Crippen LogP contribution in [0.3, 0.4) is 0 Å². The molecule has 5 nitrogen and oxygen atoms in total. The Morgan fingerprint density at radius 2 is 1.86 bits per heavy atom. The maximum atomic E-state index is 6.24. The number of hydrogen-bond acceptors (Lipinski definition) is 6. The van der Waals surface area contributed by atoms with Gasteiger partial charge in [0.25, 0.3) is 0 Å². The fourth-order valence-corrected chi connectivity index (χ4v) is 4.44. The Morgan fingerprint density at radius 3 is 2.68 bits per heavy atom. The van der Waals surface area contributed by atoms with Crippen LogP contribution < -0.4 is 4.74 Å². The van der Waals surface area contributed by atoms with Crippen molar-refractivity contribution in [3.05, 3.63) is 75.5 Å². The van der Waals surface area contributed by atoms with Crippen LogP contribution in [0.25, 0.3) is 10.6 Å². The molecule has 0 aliphatic carbocycles. The normalized spacial score (nSPS) is 10.9. The molecule has 0 aliphatic heterocycles. The molecule has 0 atom stereocenters. The van der Waals surface area contributed by atoms with Crippen molar-refractivity contribution in [3.8, 4) is 16.3 Å². The minimum Gasteiger partial charge on any atom is -0.486 e. The lowest BCUT2D eigenvalue weighted by molar-refractivity contribution is 0.296. The van der Waals surface area contributed by atoms with E-state index in [2.05, 4.69) is 20.2 Å². The molecule has 9 heteroatoms. The molecule has 2 heterocycles. The molecule has 0 aliphatic rings. The Hall–Kier alpha value is -2.06. The summed E-state index contributed by atoms with van der Waals surface area (Å²) in [7, 11) is 0. The zero-order valence-corrected chi connectivity index (χ0v) is 17.6. The highest BCUT2D eigenvalue weighted by Crippen LogP contribution is 2.31. The van der Waals surface area contributed by atoms with Gasteiger partial charge in [0.1, 0.15) is 17.4 Å². The van der Waals surface area contributed by atoms with Crippen molar-refractivity contribution in [3.63, 3.8) is 0 Å². The van der Waals surface area contributed by atoms with Gasteiger partial charge in [-0.05, 0) is 30.3 Å². The van der Waals surface area contributed by atoms with Crippen LogP contribution in [0.1, 0.15) is 11.5 Å². The Kier molecular flexibility index (Phi) is 6.17. The molecule has 0 bridgehead atoms. The summed E-state index contributed by atoms with van der Waals surface area (Å²) in [6.07, 6.45) is 0.